The predicted octanol–water partition coefficient (Wildman–Crippen LogP) is 3.57. The van der Waals surface area contributed by atoms with Gasteiger partial charge in [-0.15, -0.1) is 0 Å². The number of hydrogen-bond donors (Lipinski definition) is 2. The molecule has 5 nitrogen and oxygen atoms in total. The fourth-order valence-electron chi connectivity index (χ4n) is 2.95. The second-order valence-electron chi connectivity index (χ2n) is 6.55. The molecule has 2 amide bonds. The lowest BCUT2D eigenvalue weighted by Crippen LogP contribution is -2.32. The van der Waals surface area contributed by atoms with E-state index >= 15 is 0 Å². The molecule has 2 aromatic rings. The Hall–Kier alpha value is -2.82. The molecule has 2 aromatic carbocycles. The Morgan fingerprint density at radius 2 is 1.88 bits per heavy atom. The fourth-order valence-corrected chi connectivity index (χ4v) is 2.95. The zero-order chi connectivity index (χ0) is 17.3. The van der Waals surface area contributed by atoms with Crippen LogP contribution in [-0.2, 0) is 10.2 Å². The van der Waals surface area contributed by atoms with E-state index in [1.807, 2.05) is 26.0 Å². The third-order valence-electron chi connectivity index (χ3n) is 4.24. The molecular weight excluding hydrogens is 304 g/mol. The molecule has 124 valence electrons. The van der Waals surface area contributed by atoms with Gasteiger partial charge < -0.3 is 15.4 Å². The lowest BCUT2D eigenvalue weighted by Gasteiger charge is -2.32. The highest BCUT2D eigenvalue weighted by molar-refractivity contribution is 6.05. The molecule has 3 rings (SSSR count). The average molecular weight is 324 g/mol. The first-order valence-corrected chi connectivity index (χ1v) is 7.79. The Kier molecular flexibility index (Phi) is 4.01. The molecule has 0 atom stereocenters. The van der Waals surface area contributed by atoms with E-state index in [1.165, 1.54) is 0 Å². The van der Waals surface area contributed by atoms with Crippen LogP contribution in [-0.4, -0.2) is 18.9 Å². The van der Waals surface area contributed by atoms with Gasteiger partial charge in [0.05, 0.1) is 7.11 Å². The highest BCUT2D eigenvalue weighted by Crippen LogP contribution is 2.38. The monoisotopic (exact) mass is 324 g/mol. The predicted molar refractivity (Wildman–Crippen MR) is 93.7 cm³/mol. The molecule has 0 fully saturated rings. The average Bonchev–Trinajstić information content (AvgIpc) is 2.53. The van der Waals surface area contributed by atoms with Crippen molar-refractivity contribution in [3.05, 3.63) is 53.6 Å². The zero-order valence-corrected chi connectivity index (χ0v) is 14.0. The third-order valence-corrected chi connectivity index (χ3v) is 4.24. The topological polar surface area (TPSA) is 67.4 Å². The Morgan fingerprint density at radius 3 is 2.54 bits per heavy atom. The molecule has 0 saturated carbocycles. The van der Waals surface area contributed by atoms with Crippen molar-refractivity contribution in [3.8, 4) is 5.75 Å². The van der Waals surface area contributed by atoms with Crippen LogP contribution in [0.3, 0.4) is 0 Å². The molecule has 0 aromatic heterocycles. The summed E-state index contributed by atoms with van der Waals surface area (Å²) in [7, 11) is 1.58. The van der Waals surface area contributed by atoms with E-state index in [-0.39, 0.29) is 17.2 Å². The van der Waals surface area contributed by atoms with Crippen molar-refractivity contribution in [3.63, 3.8) is 0 Å². The minimum atomic E-state index is -0.212. The molecule has 0 aliphatic carbocycles. The lowest BCUT2D eigenvalue weighted by atomic mass is 9.78. The van der Waals surface area contributed by atoms with E-state index < -0.39 is 0 Å². The molecule has 5 heteroatoms. The molecule has 0 spiro atoms. The summed E-state index contributed by atoms with van der Waals surface area (Å²) in [6, 6.07) is 12.5. The molecule has 1 heterocycles. The summed E-state index contributed by atoms with van der Waals surface area (Å²) in [6.07, 6.45) is 0.456. The van der Waals surface area contributed by atoms with Crippen LogP contribution in [0.2, 0.25) is 0 Å². The van der Waals surface area contributed by atoms with Crippen LogP contribution in [0.15, 0.2) is 42.5 Å². The Balaban J connectivity index is 1.82. The Labute approximate surface area is 141 Å². The maximum absolute atomic E-state index is 12.3. The van der Waals surface area contributed by atoms with Gasteiger partial charge in [0.1, 0.15) is 5.75 Å². The van der Waals surface area contributed by atoms with Crippen LogP contribution in [0, 0.1) is 0 Å². The lowest BCUT2D eigenvalue weighted by molar-refractivity contribution is -0.117. The first-order valence-electron chi connectivity index (χ1n) is 7.79. The summed E-state index contributed by atoms with van der Waals surface area (Å²) in [5, 5.41) is 5.73. The summed E-state index contributed by atoms with van der Waals surface area (Å²) < 4.78 is 5.09. The summed E-state index contributed by atoms with van der Waals surface area (Å²) >= 11 is 0. The van der Waals surface area contributed by atoms with Crippen molar-refractivity contribution in [1.29, 1.82) is 0 Å². The van der Waals surface area contributed by atoms with Crippen molar-refractivity contribution in [2.24, 2.45) is 0 Å². The molecule has 24 heavy (non-hydrogen) atoms. The molecule has 0 saturated heterocycles. The van der Waals surface area contributed by atoms with Gasteiger partial charge >= 0.3 is 0 Å². The van der Waals surface area contributed by atoms with Crippen LogP contribution in [0.1, 0.15) is 36.2 Å². The number of methoxy groups -OCH3 is 1. The number of ether oxygens (including phenoxy) is 1. The third kappa shape index (κ3) is 3.11. The SMILES string of the molecule is COc1ccc(C(=O)Nc2ccc3c(c2)NC(=O)CC3(C)C)cc1. The number of fused-ring (bicyclic) bond motifs is 1. The number of nitrogens with one attached hydrogen (secondary N) is 2. The summed E-state index contributed by atoms with van der Waals surface area (Å²) in [5.74, 6) is 0.482. The number of anilines is 2. The number of hydrogen-bond acceptors (Lipinski definition) is 3. The first-order chi connectivity index (χ1) is 11.4. The molecule has 0 bridgehead atoms. The van der Waals surface area contributed by atoms with Crippen molar-refractivity contribution < 1.29 is 14.3 Å². The number of rotatable bonds is 3. The summed E-state index contributed by atoms with van der Waals surface area (Å²) in [4.78, 5) is 24.2. The van der Waals surface area contributed by atoms with Gasteiger partial charge in [-0.1, -0.05) is 19.9 Å². The zero-order valence-electron chi connectivity index (χ0n) is 14.0. The van der Waals surface area contributed by atoms with Gasteiger partial charge in [0.25, 0.3) is 5.91 Å². The van der Waals surface area contributed by atoms with Gasteiger partial charge in [-0.2, -0.15) is 0 Å². The van der Waals surface area contributed by atoms with Gasteiger partial charge in [-0.3, -0.25) is 9.59 Å². The van der Waals surface area contributed by atoms with Gasteiger partial charge in [-0.05, 0) is 42.0 Å². The normalized spacial score (nSPS) is 15.2. The first kappa shape index (κ1) is 16.1. The van der Waals surface area contributed by atoms with Crippen LogP contribution >= 0.6 is 0 Å². The number of carbonyl (C=O) groups is 2. The van der Waals surface area contributed by atoms with Crippen LogP contribution < -0.4 is 15.4 Å². The van der Waals surface area contributed by atoms with Crippen LogP contribution in [0.4, 0.5) is 11.4 Å². The van der Waals surface area contributed by atoms with E-state index in [0.717, 1.165) is 11.3 Å². The Bertz CT molecular complexity index is 795. The maximum atomic E-state index is 12.3. The molecule has 1 aliphatic rings. The van der Waals surface area contributed by atoms with Gasteiger partial charge in [0.2, 0.25) is 5.91 Å². The number of amides is 2. The fraction of sp³-hybridized carbons (Fsp3) is 0.263. The standard InChI is InChI=1S/C19H20N2O3/c1-19(2)11-17(22)21-16-10-13(6-9-15(16)19)20-18(23)12-4-7-14(24-3)8-5-12/h4-10H,11H2,1-3H3,(H,20,23)(H,21,22). The second kappa shape index (κ2) is 6.00. The second-order valence-corrected chi connectivity index (χ2v) is 6.55. The van der Waals surface area contributed by atoms with E-state index in [2.05, 4.69) is 10.6 Å². The summed E-state index contributed by atoms with van der Waals surface area (Å²) in [6.45, 7) is 4.08. The maximum Gasteiger partial charge on any atom is 0.255 e. The molecule has 2 N–H and O–H groups in total. The van der Waals surface area contributed by atoms with Crippen molar-refractivity contribution in [1.82, 2.24) is 0 Å². The summed E-state index contributed by atoms with van der Waals surface area (Å²) in [5.41, 5.74) is 2.80. The number of benzene rings is 2. The van der Waals surface area contributed by atoms with Gasteiger partial charge in [-0.25, -0.2) is 0 Å². The van der Waals surface area contributed by atoms with Crippen LogP contribution in [0.25, 0.3) is 0 Å². The molecule has 1 aliphatic heterocycles. The minimum absolute atomic E-state index is 0.00821. The highest BCUT2D eigenvalue weighted by Gasteiger charge is 2.31. The van der Waals surface area contributed by atoms with Crippen LogP contribution in [0.5, 0.6) is 5.75 Å². The molecular formula is C19H20N2O3. The molecule has 0 radical (unpaired) electrons. The highest BCUT2D eigenvalue weighted by atomic mass is 16.5. The van der Waals surface area contributed by atoms with Gasteiger partial charge in [0, 0.05) is 28.8 Å². The van der Waals surface area contributed by atoms with Crippen molar-refractivity contribution in [2.45, 2.75) is 25.7 Å². The largest absolute Gasteiger partial charge is 0.497 e. The van der Waals surface area contributed by atoms with Crippen molar-refractivity contribution in [2.75, 3.05) is 17.7 Å². The van der Waals surface area contributed by atoms with E-state index in [9.17, 15) is 9.59 Å². The van der Waals surface area contributed by atoms with Crippen molar-refractivity contribution >= 4 is 23.2 Å². The van der Waals surface area contributed by atoms with E-state index in [4.69, 9.17) is 4.74 Å². The van der Waals surface area contributed by atoms with E-state index in [1.54, 1.807) is 37.4 Å². The quantitative estimate of drug-likeness (QED) is 0.907. The van der Waals surface area contributed by atoms with E-state index in [0.29, 0.717) is 23.4 Å². The van der Waals surface area contributed by atoms with Gasteiger partial charge in [0.15, 0.2) is 0 Å². The number of carbonyl (C=O) groups excluding carboxylic acids is 2. The Morgan fingerprint density at radius 1 is 1.17 bits per heavy atom. The molecule has 0 unspecified atom stereocenters. The minimum Gasteiger partial charge on any atom is -0.497 e. The smallest absolute Gasteiger partial charge is 0.255 e.